The number of benzene rings is 1. The van der Waals surface area contributed by atoms with Gasteiger partial charge in [0.05, 0.1) is 12.7 Å². The van der Waals surface area contributed by atoms with Crippen molar-refractivity contribution in [2.75, 3.05) is 12.4 Å². The standard InChI is InChI=1S/C18H17Cl2NO3S/c1-4-11-10(2)25-17(16(11)18(23)24-3)21-15(22)9-8-12-13(19)6-5-7-14(12)20/h5-9H,4H2,1-3H3,(H,21,22). The summed E-state index contributed by atoms with van der Waals surface area (Å²) in [5.41, 5.74) is 1.85. The average molecular weight is 398 g/mol. The minimum Gasteiger partial charge on any atom is -0.465 e. The highest BCUT2D eigenvalue weighted by Crippen LogP contribution is 2.34. The molecule has 0 saturated carbocycles. The number of esters is 1. The number of carbonyl (C=O) groups is 2. The van der Waals surface area contributed by atoms with Gasteiger partial charge in [-0.15, -0.1) is 11.3 Å². The summed E-state index contributed by atoms with van der Waals surface area (Å²) in [6, 6.07) is 5.11. The predicted octanol–water partition coefficient (Wildman–Crippen LogP) is 5.36. The van der Waals surface area contributed by atoms with Crippen molar-refractivity contribution in [3.8, 4) is 0 Å². The maximum Gasteiger partial charge on any atom is 0.341 e. The number of amides is 1. The second-order valence-corrected chi connectivity index (χ2v) is 7.18. The molecule has 0 unspecified atom stereocenters. The Morgan fingerprint density at radius 2 is 1.92 bits per heavy atom. The van der Waals surface area contributed by atoms with Crippen LogP contribution in [0, 0.1) is 6.92 Å². The number of halogens is 2. The van der Waals surface area contributed by atoms with Crippen LogP contribution < -0.4 is 5.32 Å². The maximum atomic E-state index is 12.3. The van der Waals surface area contributed by atoms with Crippen molar-refractivity contribution in [3.63, 3.8) is 0 Å². The van der Waals surface area contributed by atoms with Gasteiger partial charge in [0.1, 0.15) is 5.00 Å². The van der Waals surface area contributed by atoms with Crippen LogP contribution in [0.4, 0.5) is 5.00 Å². The first kappa shape index (κ1) is 19.5. The highest BCUT2D eigenvalue weighted by Gasteiger charge is 2.22. The van der Waals surface area contributed by atoms with Gasteiger partial charge in [-0.2, -0.15) is 0 Å². The number of anilines is 1. The molecule has 7 heteroatoms. The van der Waals surface area contributed by atoms with Crippen LogP contribution in [0.1, 0.15) is 33.3 Å². The molecular formula is C18H17Cl2NO3S. The first-order valence-corrected chi connectivity index (χ1v) is 9.09. The van der Waals surface area contributed by atoms with Gasteiger partial charge in [-0.1, -0.05) is 36.2 Å². The van der Waals surface area contributed by atoms with E-state index in [2.05, 4.69) is 5.32 Å². The fourth-order valence-electron chi connectivity index (χ4n) is 2.39. The number of ether oxygens (including phenoxy) is 1. The van der Waals surface area contributed by atoms with E-state index in [1.807, 2.05) is 13.8 Å². The van der Waals surface area contributed by atoms with Crippen molar-refractivity contribution < 1.29 is 14.3 Å². The third-order valence-corrected chi connectivity index (χ3v) is 5.31. The second-order valence-electron chi connectivity index (χ2n) is 5.14. The molecule has 1 aromatic carbocycles. The number of aryl methyl sites for hydroxylation is 1. The molecule has 2 aromatic rings. The zero-order valence-corrected chi connectivity index (χ0v) is 16.3. The van der Waals surface area contributed by atoms with Crippen LogP contribution in [-0.4, -0.2) is 19.0 Å². The Morgan fingerprint density at radius 1 is 1.28 bits per heavy atom. The van der Waals surface area contributed by atoms with E-state index in [4.69, 9.17) is 27.9 Å². The van der Waals surface area contributed by atoms with E-state index in [0.717, 1.165) is 10.4 Å². The van der Waals surface area contributed by atoms with E-state index in [-0.39, 0.29) is 5.91 Å². The molecule has 4 nitrogen and oxygen atoms in total. The van der Waals surface area contributed by atoms with Crippen molar-refractivity contribution in [1.29, 1.82) is 0 Å². The number of hydrogen-bond donors (Lipinski definition) is 1. The lowest BCUT2D eigenvalue weighted by molar-refractivity contribution is -0.111. The Labute approximate surface area is 160 Å². The Balaban J connectivity index is 2.27. The van der Waals surface area contributed by atoms with E-state index in [9.17, 15) is 9.59 Å². The number of nitrogens with one attached hydrogen (secondary N) is 1. The van der Waals surface area contributed by atoms with E-state index in [0.29, 0.717) is 32.6 Å². The van der Waals surface area contributed by atoms with Crippen molar-refractivity contribution in [1.82, 2.24) is 0 Å². The molecule has 1 aromatic heterocycles. The topological polar surface area (TPSA) is 55.4 Å². The molecule has 1 heterocycles. The molecule has 0 spiro atoms. The van der Waals surface area contributed by atoms with Crippen molar-refractivity contribution in [3.05, 3.63) is 55.9 Å². The summed E-state index contributed by atoms with van der Waals surface area (Å²) in [7, 11) is 1.32. The number of methoxy groups -OCH3 is 1. The fraction of sp³-hybridized carbons (Fsp3) is 0.222. The third-order valence-electron chi connectivity index (χ3n) is 3.59. The molecule has 0 radical (unpaired) electrons. The highest BCUT2D eigenvalue weighted by atomic mass is 35.5. The summed E-state index contributed by atoms with van der Waals surface area (Å²) in [4.78, 5) is 25.3. The number of thiophene rings is 1. The van der Waals surface area contributed by atoms with Crippen LogP contribution in [0.2, 0.25) is 10.0 Å². The Morgan fingerprint density at radius 3 is 2.48 bits per heavy atom. The molecule has 2 rings (SSSR count). The third kappa shape index (κ3) is 4.42. The van der Waals surface area contributed by atoms with Gasteiger partial charge in [-0.05, 0) is 37.1 Å². The van der Waals surface area contributed by atoms with Gasteiger partial charge < -0.3 is 10.1 Å². The van der Waals surface area contributed by atoms with Gasteiger partial charge in [0, 0.05) is 26.6 Å². The van der Waals surface area contributed by atoms with Gasteiger partial charge in [-0.3, -0.25) is 4.79 Å². The van der Waals surface area contributed by atoms with Gasteiger partial charge in [0.25, 0.3) is 0 Å². The van der Waals surface area contributed by atoms with Crippen molar-refractivity contribution in [2.24, 2.45) is 0 Å². The molecule has 1 amide bonds. The normalized spacial score (nSPS) is 10.9. The summed E-state index contributed by atoms with van der Waals surface area (Å²) >= 11 is 13.5. The van der Waals surface area contributed by atoms with E-state index < -0.39 is 5.97 Å². The first-order chi connectivity index (χ1) is 11.9. The Kier molecular flexibility index (Phi) is 6.64. The maximum absolute atomic E-state index is 12.3. The van der Waals surface area contributed by atoms with Crippen LogP contribution in [0.3, 0.4) is 0 Å². The highest BCUT2D eigenvalue weighted by molar-refractivity contribution is 7.16. The number of hydrogen-bond acceptors (Lipinski definition) is 4. The smallest absolute Gasteiger partial charge is 0.341 e. The molecule has 0 aliphatic heterocycles. The van der Waals surface area contributed by atoms with E-state index in [1.165, 1.54) is 24.5 Å². The monoisotopic (exact) mass is 397 g/mol. The van der Waals surface area contributed by atoms with Gasteiger partial charge in [0.2, 0.25) is 5.91 Å². The van der Waals surface area contributed by atoms with E-state index in [1.54, 1.807) is 24.3 Å². The summed E-state index contributed by atoms with van der Waals surface area (Å²) in [5.74, 6) is -0.848. The zero-order chi connectivity index (χ0) is 18.6. The van der Waals surface area contributed by atoms with Crippen LogP contribution in [0.25, 0.3) is 6.08 Å². The second kappa shape index (κ2) is 8.52. The molecular weight excluding hydrogens is 381 g/mol. The van der Waals surface area contributed by atoms with Crippen molar-refractivity contribution >= 4 is 57.5 Å². The Bertz CT molecular complexity index is 823. The van der Waals surface area contributed by atoms with Crippen LogP contribution in [0.5, 0.6) is 0 Å². The quantitative estimate of drug-likeness (QED) is 0.545. The molecule has 132 valence electrons. The van der Waals surface area contributed by atoms with Gasteiger partial charge >= 0.3 is 5.97 Å². The summed E-state index contributed by atoms with van der Waals surface area (Å²) in [5, 5.41) is 4.11. The van der Waals surface area contributed by atoms with Crippen LogP contribution in [-0.2, 0) is 16.0 Å². The molecule has 0 aliphatic carbocycles. The molecule has 25 heavy (non-hydrogen) atoms. The fourth-order valence-corrected chi connectivity index (χ4v) is 4.05. The molecule has 0 fully saturated rings. The molecule has 0 aliphatic rings. The van der Waals surface area contributed by atoms with E-state index >= 15 is 0 Å². The molecule has 0 saturated heterocycles. The lowest BCUT2D eigenvalue weighted by Gasteiger charge is -2.05. The molecule has 1 N–H and O–H groups in total. The first-order valence-electron chi connectivity index (χ1n) is 7.52. The average Bonchev–Trinajstić information content (AvgIpc) is 2.88. The van der Waals surface area contributed by atoms with Crippen molar-refractivity contribution in [2.45, 2.75) is 20.3 Å². The Hall–Kier alpha value is -1.82. The number of rotatable bonds is 5. The molecule has 0 bridgehead atoms. The minimum atomic E-state index is -0.463. The number of carbonyl (C=O) groups excluding carboxylic acids is 2. The zero-order valence-electron chi connectivity index (χ0n) is 14.0. The lowest BCUT2D eigenvalue weighted by atomic mass is 10.1. The summed E-state index contributed by atoms with van der Waals surface area (Å²) in [6.07, 6.45) is 3.54. The van der Waals surface area contributed by atoms with Gasteiger partial charge in [0.15, 0.2) is 0 Å². The SMILES string of the molecule is CCc1c(C)sc(NC(=O)C=Cc2c(Cl)cccc2Cl)c1C(=O)OC. The van der Waals surface area contributed by atoms with Crippen LogP contribution >= 0.6 is 34.5 Å². The van der Waals surface area contributed by atoms with Gasteiger partial charge in [-0.25, -0.2) is 4.79 Å². The predicted molar refractivity (Wildman–Crippen MR) is 104 cm³/mol. The largest absolute Gasteiger partial charge is 0.465 e. The summed E-state index contributed by atoms with van der Waals surface area (Å²) in [6.45, 7) is 3.86. The molecule has 0 atom stereocenters. The minimum absolute atomic E-state index is 0.384. The lowest BCUT2D eigenvalue weighted by Crippen LogP contribution is -2.12. The van der Waals surface area contributed by atoms with Crippen LogP contribution in [0.15, 0.2) is 24.3 Å². The summed E-state index contributed by atoms with van der Waals surface area (Å²) < 4.78 is 4.84.